The van der Waals surface area contributed by atoms with Crippen LogP contribution in [0.25, 0.3) is 0 Å². The fourth-order valence-electron chi connectivity index (χ4n) is 1.43. The van der Waals surface area contributed by atoms with Crippen LogP contribution in [0.1, 0.15) is 33.6 Å². The summed E-state index contributed by atoms with van der Waals surface area (Å²) in [5, 5.41) is 9.03. The van der Waals surface area contributed by atoms with E-state index in [9.17, 15) is 4.79 Å². The Balaban J connectivity index is 4.89. The number of hydrogen-bond donors (Lipinski definition) is 0. The summed E-state index contributed by atoms with van der Waals surface area (Å²) in [7, 11) is 1.33. The van der Waals surface area contributed by atoms with Crippen molar-refractivity contribution in [3.05, 3.63) is 0 Å². The quantitative estimate of drug-likeness (QED) is 0.627. The predicted molar refractivity (Wildman–Crippen MR) is 49.8 cm³/mol. The number of nitrogens with zero attached hydrogens (tertiary/aromatic N) is 1. The average molecular weight is 183 g/mol. The van der Waals surface area contributed by atoms with Crippen LogP contribution in [-0.4, -0.2) is 13.1 Å². The first-order valence-corrected chi connectivity index (χ1v) is 4.54. The molecule has 0 aromatic heterocycles. The summed E-state index contributed by atoms with van der Waals surface area (Å²) in [5.74, 6) is -0.420. The Labute approximate surface area is 79.7 Å². The number of rotatable bonds is 4. The smallest absolute Gasteiger partial charge is 0.326 e. The molecule has 0 saturated carbocycles. The third kappa shape index (κ3) is 2.21. The summed E-state index contributed by atoms with van der Waals surface area (Å²) in [6, 6.07) is 2.09. The highest BCUT2D eigenvalue weighted by atomic mass is 16.5. The monoisotopic (exact) mass is 183 g/mol. The molecule has 0 fully saturated rings. The molecule has 0 spiro atoms. The van der Waals surface area contributed by atoms with E-state index in [1.54, 1.807) is 0 Å². The number of esters is 1. The van der Waals surface area contributed by atoms with Gasteiger partial charge in [0.05, 0.1) is 13.2 Å². The maximum atomic E-state index is 11.5. The standard InChI is InChI=1S/C10H17NO2/c1-5-6-10(7-11,8(2)3)9(12)13-4/h8H,5-6H2,1-4H3. The molecule has 0 aromatic rings. The molecule has 0 radical (unpaired) electrons. The maximum absolute atomic E-state index is 11.5. The molecule has 0 rings (SSSR count). The lowest BCUT2D eigenvalue weighted by atomic mass is 9.75. The molecule has 0 aromatic carbocycles. The van der Waals surface area contributed by atoms with Crippen molar-refractivity contribution in [2.75, 3.05) is 7.11 Å². The van der Waals surface area contributed by atoms with Gasteiger partial charge in [-0.15, -0.1) is 0 Å². The van der Waals surface area contributed by atoms with Gasteiger partial charge in [0.2, 0.25) is 0 Å². The van der Waals surface area contributed by atoms with Crippen molar-refractivity contribution in [1.82, 2.24) is 0 Å². The first-order chi connectivity index (χ1) is 6.05. The van der Waals surface area contributed by atoms with E-state index >= 15 is 0 Å². The second-order valence-electron chi connectivity index (χ2n) is 3.48. The van der Waals surface area contributed by atoms with Gasteiger partial charge in [-0.1, -0.05) is 27.2 Å². The molecule has 74 valence electrons. The molecule has 0 heterocycles. The third-order valence-corrected chi connectivity index (χ3v) is 2.38. The lowest BCUT2D eigenvalue weighted by Crippen LogP contribution is -2.35. The van der Waals surface area contributed by atoms with Crippen LogP contribution < -0.4 is 0 Å². The van der Waals surface area contributed by atoms with Crippen LogP contribution >= 0.6 is 0 Å². The largest absolute Gasteiger partial charge is 0.468 e. The fourth-order valence-corrected chi connectivity index (χ4v) is 1.43. The summed E-state index contributed by atoms with van der Waals surface area (Å²) in [6.07, 6.45) is 1.37. The molecular weight excluding hydrogens is 166 g/mol. The van der Waals surface area contributed by atoms with E-state index in [0.29, 0.717) is 6.42 Å². The van der Waals surface area contributed by atoms with E-state index in [1.165, 1.54) is 7.11 Å². The first-order valence-electron chi connectivity index (χ1n) is 4.54. The highest BCUT2D eigenvalue weighted by molar-refractivity contribution is 5.80. The molecule has 3 heteroatoms. The van der Waals surface area contributed by atoms with Crippen LogP contribution in [0.2, 0.25) is 0 Å². The molecule has 1 atom stereocenters. The SMILES string of the molecule is CCCC(C#N)(C(=O)OC)C(C)C. The fraction of sp³-hybridized carbons (Fsp3) is 0.800. The van der Waals surface area contributed by atoms with E-state index in [-0.39, 0.29) is 5.92 Å². The Hall–Kier alpha value is -1.04. The van der Waals surface area contributed by atoms with Gasteiger partial charge in [-0.25, -0.2) is 0 Å². The van der Waals surface area contributed by atoms with Gasteiger partial charge in [0.25, 0.3) is 0 Å². The second-order valence-corrected chi connectivity index (χ2v) is 3.48. The molecule has 0 bridgehead atoms. The minimum Gasteiger partial charge on any atom is -0.468 e. The lowest BCUT2D eigenvalue weighted by molar-refractivity contribution is -0.152. The number of carbonyl (C=O) groups excluding carboxylic acids is 1. The Morgan fingerprint density at radius 3 is 2.38 bits per heavy atom. The minimum absolute atomic E-state index is 0.00935. The highest BCUT2D eigenvalue weighted by Gasteiger charge is 2.42. The maximum Gasteiger partial charge on any atom is 0.326 e. The minimum atomic E-state index is -0.955. The van der Waals surface area contributed by atoms with Gasteiger partial charge in [0, 0.05) is 0 Å². The topological polar surface area (TPSA) is 50.1 Å². The molecule has 0 saturated heterocycles. The van der Waals surface area contributed by atoms with Crippen LogP contribution in [0.3, 0.4) is 0 Å². The van der Waals surface area contributed by atoms with Crippen molar-refractivity contribution in [1.29, 1.82) is 5.26 Å². The Morgan fingerprint density at radius 1 is 1.62 bits per heavy atom. The van der Waals surface area contributed by atoms with Crippen LogP contribution in [0.15, 0.2) is 0 Å². The van der Waals surface area contributed by atoms with Crippen molar-refractivity contribution in [3.63, 3.8) is 0 Å². The van der Waals surface area contributed by atoms with Gasteiger partial charge < -0.3 is 4.74 Å². The second kappa shape index (κ2) is 4.86. The van der Waals surface area contributed by atoms with Crippen LogP contribution in [0.4, 0.5) is 0 Å². The van der Waals surface area contributed by atoms with E-state index in [2.05, 4.69) is 10.8 Å². The van der Waals surface area contributed by atoms with Crippen LogP contribution in [-0.2, 0) is 9.53 Å². The van der Waals surface area contributed by atoms with Gasteiger partial charge in [-0.3, -0.25) is 4.79 Å². The van der Waals surface area contributed by atoms with E-state index in [0.717, 1.165) is 6.42 Å². The lowest BCUT2D eigenvalue weighted by Gasteiger charge is -2.26. The zero-order valence-corrected chi connectivity index (χ0v) is 8.76. The predicted octanol–water partition coefficient (Wildman–Crippen LogP) is 2.13. The molecule has 0 aliphatic rings. The molecule has 0 aliphatic carbocycles. The van der Waals surface area contributed by atoms with Crippen LogP contribution in [0.5, 0.6) is 0 Å². The Kier molecular flexibility index (Phi) is 4.47. The number of ether oxygens (including phenoxy) is 1. The summed E-state index contributed by atoms with van der Waals surface area (Å²) in [5.41, 5.74) is -0.955. The van der Waals surface area contributed by atoms with Gasteiger partial charge in [0.1, 0.15) is 0 Å². The van der Waals surface area contributed by atoms with E-state index in [1.807, 2.05) is 20.8 Å². The van der Waals surface area contributed by atoms with E-state index < -0.39 is 11.4 Å². The summed E-state index contributed by atoms with van der Waals surface area (Å²) >= 11 is 0. The number of hydrogen-bond acceptors (Lipinski definition) is 3. The Bertz CT molecular complexity index is 217. The molecule has 1 unspecified atom stereocenters. The Morgan fingerprint density at radius 2 is 2.15 bits per heavy atom. The summed E-state index contributed by atoms with van der Waals surface area (Å²) < 4.78 is 4.66. The average Bonchev–Trinajstić information content (AvgIpc) is 2.12. The zero-order valence-electron chi connectivity index (χ0n) is 8.76. The van der Waals surface area contributed by atoms with Crippen molar-refractivity contribution in [2.24, 2.45) is 11.3 Å². The van der Waals surface area contributed by atoms with Gasteiger partial charge in [0.15, 0.2) is 5.41 Å². The van der Waals surface area contributed by atoms with Gasteiger partial charge >= 0.3 is 5.97 Å². The highest BCUT2D eigenvalue weighted by Crippen LogP contribution is 2.33. The van der Waals surface area contributed by atoms with Crippen molar-refractivity contribution in [2.45, 2.75) is 33.6 Å². The number of methoxy groups -OCH3 is 1. The van der Waals surface area contributed by atoms with Crippen molar-refractivity contribution in [3.8, 4) is 6.07 Å². The first kappa shape index (κ1) is 12.0. The number of carbonyl (C=O) groups is 1. The molecule has 0 amide bonds. The summed E-state index contributed by atoms with van der Waals surface area (Å²) in [6.45, 7) is 5.70. The van der Waals surface area contributed by atoms with Crippen molar-refractivity contribution >= 4 is 5.97 Å². The van der Waals surface area contributed by atoms with Gasteiger partial charge in [-0.05, 0) is 12.3 Å². The van der Waals surface area contributed by atoms with Crippen LogP contribution in [0, 0.1) is 22.7 Å². The normalized spacial score (nSPS) is 14.8. The number of nitriles is 1. The third-order valence-electron chi connectivity index (χ3n) is 2.38. The van der Waals surface area contributed by atoms with Crippen molar-refractivity contribution < 1.29 is 9.53 Å². The molecule has 13 heavy (non-hydrogen) atoms. The van der Waals surface area contributed by atoms with Gasteiger partial charge in [-0.2, -0.15) is 5.26 Å². The van der Waals surface area contributed by atoms with E-state index in [4.69, 9.17) is 5.26 Å². The molecule has 3 nitrogen and oxygen atoms in total. The molecular formula is C10H17NO2. The zero-order chi connectivity index (χ0) is 10.5. The summed E-state index contributed by atoms with van der Waals surface area (Å²) in [4.78, 5) is 11.5. The molecule has 0 N–H and O–H groups in total. The molecule has 0 aliphatic heterocycles.